The predicted octanol–water partition coefficient (Wildman–Crippen LogP) is 4.69. The van der Waals surface area contributed by atoms with Gasteiger partial charge in [-0.3, -0.25) is 14.9 Å². The molecule has 1 aliphatic carbocycles. The van der Waals surface area contributed by atoms with Crippen molar-refractivity contribution >= 4 is 17.5 Å². The van der Waals surface area contributed by atoms with E-state index in [0.29, 0.717) is 11.3 Å². The Morgan fingerprint density at radius 3 is 2.24 bits per heavy atom. The van der Waals surface area contributed by atoms with Gasteiger partial charge in [0.25, 0.3) is 5.91 Å². The molecule has 6 heteroatoms. The Kier molecular flexibility index (Phi) is 7.94. The van der Waals surface area contributed by atoms with Crippen LogP contribution in [-0.2, 0) is 4.79 Å². The number of hydrogen-bond donors (Lipinski definition) is 3. The average Bonchev–Trinajstić information content (AvgIpc) is 3.38. The fourth-order valence-corrected chi connectivity index (χ4v) is 4.38. The molecule has 34 heavy (non-hydrogen) atoms. The Balaban J connectivity index is 1.44. The Bertz CT molecular complexity index is 1090. The highest BCUT2D eigenvalue weighted by Crippen LogP contribution is 2.24. The molecule has 0 bridgehead atoms. The van der Waals surface area contributed by atoms with Crippen LogP contribution in [0.5, 0.6) is 5.75 Å². The summed E-state index contributed by atoms with van der Waals surface area (Å²) in [5.74, 6) is 0.424. The molecule has 0 aliphatic heterocycles. The minimum absolute atomic E-state index is 0.0875. The molecule has 4 rings (SSSR count). The molecule has 1 fully saturated rings. The number of nitrogens with one attached hydrogen (secondary N) is 3. The average molecular weight is 458 g/mol. The lowest BCUT2D eigenvalue weighted by Crippen LogP contribution is -2.34. The lowest BCUT2D eigenvalue weighted by atomic mass is 9.98. The smallest absolute Gasteiger partial charge is 0.253 e. The quantitative estimate of drug-likeness (QED) is 0.436. The van der Waals surface area contributed by atoms with Crippen LogP contribution in [0.25, 0.3) is 0 Å². The van der Waals surface area contributed by atoms with Gasteiger partial charge in [-0.2, -0.15) is 0 Å². The van der Waals surface area contributed by atoms with Crippen molar-refractivity contribution < 1.29 is 14.3 Å². The molecule has 3 aromatic carbocycles. The van der Waals surface area contributed by atoms with Crippen LogP contribution in [0.1, 0.15) is 53.2 Å². The molecule has 176 valence electrons. The highest BCUT2D eigenvalue weighted by atomic mass is 16.5. The van der Waals surface area contributed by atoms with Crippen molar-refractivity contribution in [1.82, 2.24) is 10.6 Å². The molecular formula is C28H31N3O3. The van der Waals surface area contributed by atoms with Gasteiger partial charge in [0.2, 0.25) is 5.91 Å². The van der Waals surface area contributed by atoms with E-state index in [9.17, 15) is 9.59 Å². The summed E-state index contributed by atoms with van der Waals surface area (Å²) in [6.07, 6.45) is 4.31. The monoisotopic (exact) mass is 457 g/mol. The number of amides is 2. The van der Waals surface area contributed by atoms with Crippen LogP contribution in [0.2, 0.25) is 0 Å². The summed E-state index contributed by atoms with van der Waals surface area (Å²) < 4.78 is 5.27. The molecule has 1 saturated carbocycles. The maximum atomic E-state index is 12.9. The first-order chi connectivity index (χ1) is 16.6. The molecule has 0 radical (unpaired) electrons. The standard InChI is InChI=1S/C28H31N3O3/c1-34-23-17-15-21(16-18-23)27(20-9-3-2-4-10-20)29-19-26(32)31-25-14-8-7-13-24(25)28(33)30-22-11-5-6-12-22/h2-4,7-10,13-18,22,27,29H,5-6,11-12,19H2,1H3,(H,30,33)(H,31,32). The fraction of sp³-hybridized carbons (Fsp3) is 0.286. The third-order valence-corrected chi connectivity index (χ3v) is 6.18. The number of benzene rings is 3. The number of para-hydroxylation sites is 1. The predicted molar refractivity (Wildman–Crippen MR) is 134 cm³/mol. The van der Waals surface area contributed by atoms with Crippen molar-refractivity contribution in [3.8, 4) is 5.75 Å². The number of anilines is 1. The van der Waals surface area contributed by atoms with E-state index in [4.69, 9.17) is 4.74 Å². The molecule has 3 aromatic rings. The van der Waals surface area contributed by atoms with Gasteiger partial charge in [0.1, 0.15) is 5.75 Å². The summed E-state index contributed by atoms with van der Waals surface area (Å²) in [5.41, 5.74) is 3.08. The number of ether oxygens (including phenoxy) is 1. The van der Waals surface area contributed by atoms with Gasteiger partial charge in [-0.25, -0.2) is 0 Å². The second kappa shape index (κ2) is 11.5. The van der Waals surface area contributed by atoms with E-state index in [1.807, 2.05) is 66.7 Å². The van der Waals surface area contributed by atoms with E-state index in [1.165, 1.54) is 0 Å². The number of carbonyl (C=O) groups excluding carboxylic acids is 2. The van der Waals surface area contributed by atoms with Gasteiger partial charge in [0.05, 0.1) is 30.9 Å². The lowest BCUT2D eigenvalue weighted by Gasteiger charge is -2.20. The summed E-state index contributed by atoms with van der Waals surface area (Å²) in [4.78, 5) is 25.7. The zero-order valence-electron chi connectivity index (χ0n) is 19.4. The van der Waals surface area contributed by atoms with Gasteiger partial charge in [-0.15, -0.1) is 0 Å². The zero-order chi connectivity index (χ0) is 23.8. The number of methoxy groups -OCH3 is 1. The zero-order valence-corrected chi connectivity index (χ0v) is 19.4. The molecule has 0 aromatic heterocycles. The third kappa shape index (κ3) is 6.02. The summed E-state index contributed by atoms with van der Waals surface area (Å²) in [6.45, 7) is 0.0875. The topological polar surface area (TPSA) is 79.5 Å². The van der Waals surface area contributed by atoms with Gasteiger partial charge in [0, 0.05) is 6.04 Å². The van der Waals surface area contributed by atoms with E-state index >= 15 is 0 Å². The maximum Gasteiger partial charge on any atom is 0.253 e. The molecule has 0 saturated heterocycles. The minimum Gasteiger partial charge on any atom is -0.497 e. The Morgan fingerprint density at radius 1 is 0.882 bits per heavy atom. The SMILES string of the molecule is COc1ccc(C(NCC(=O)Nc2ccccc2C(=O)NC2CCCC2)c2ccccc2)cc1. The van der Waals surface area contributed by atoms with Crippen LogP contribution in [-0.4, -0.2) is 31.5 Å². The summed E-state index contributed by atoms with van der Waals surface area (Å²) >= 11 is 0. The van der Waals surface area contributed by atoms with Crippen molar-refractivity contribution in [2.75, 3.05) is 19.0 Å². The van der Waals surface area contributed by atoms with Gasteiger partial charge in [-0.1, -0.05) is 67.4 Å². The number of hydrogen-bond acceptors (Lipinski definition) is 4. The molecule has 1 unspecified atom stereocenters. The van der Waals surface area contributed by atoms with Crippen LogP contribution in [0.3, 0.4) is 0 Å². The normalized spacial score (nSPS) is 14.4. The first-order valence-electron chi connectivity index (χ1n) is 11.8. The Morgan fingerprint density at radius 2 is 1.53 bits per heavy atom. The van der Waals surface area contributed by atoms with E-state index in [0.717, 1.165) is 42.6 Å². The van der Waals surface area contributed by atoms with Crippen LogP contribution < -0.4 is 20.7 Å². The lowest BCUT2D eigenvalue weighted by molar-refractivity contribution is -0.115. The van der Waals surface area contributed by atoms with Crippen molar-refractivity contribution in [2.24, 2.45) is 0 Å². The number of rotatable bonds is 9. The fourth-order valence-electron chi connectivity index (χ4n) is 4.38. The third-order valence-electron chi connectivity index (χ3n) is 6.18. The molecule has 6 nitrogen and oxygen atoms in total. The van der Waals surface area contributed by atoms with Crippen LogP contribution in [0.4, 0.5) is 5.69 Å². The molecule has 0 heterocycles. The molecule has 1 aliphatic rings. The summed E-state index contributed by atoms with van der Waals surface area (Å²) in [5, 5.41) is 9.37. The van der Waals surface area contributed by atoms with E-state index in [-0.39, 0.29) is 30.4 Å². The first-order valence-corrected chi connectivity index (χ1v) is 11.8. The van der Waals surface area contributed by atoms with Crippen molar-refractivity contribution in [3.63, 3.8) is 0 Å². The van der Waals surface area contributed by atoms with Crippen LogP contribution >= 0.6 is 0 Å². The second-order valence-electron chi connectivity index (χ2n) is 8.55. The number of carbonyl (C=O) groups is 2. The Hall–Kier alpha value is -3.64. The second-order valence-corrected chi connectivity index (χ2v) is 8.55. The molecular weight excluding hydrogens is 426 g/mol. The maximum absolute atomic E-state index is 12.9. The van der Waals surface area contributed by atoms with Crippen molar-refractivity contribution in [1.29, 1.82) is 0 Å². The summed E-state index contributed by atoms with van der Waals surface area (Å²) in [6, 6.07) is 25.0. The largest absolute Gasteiger partial charge is 0.497 e. The highest BCUT2D eigenvalue weighted by Gasteiger charge is 2.21. The molecule has 3 N–H and O–H groups in total. The first kappa shape index (κ1) is 23.5. The molecule has 2 amide bonds. The van der Waals surface area contributed by atoms with Crippen LogP contribution in [0, 0.1) is 0 Å². The van der Waals surface area contributed by atoms with Crippen molar-refractivity contribution in [3.05, 3.63) is 95.6 Å². The van der Waals surface area contributed by atoms with Gasteiger partial charge in [0.15, 0.2) is 0 Å². The molecule has 0 spiro atoms. The van der Waals surface area contributed by atoms with Crippen molar-refractivity contribution in [2.45, 2.75) is 37.8 Å². The van der Waals surface area contributed by atoms with Gasteiger partial charge >= 0.3 is 0 Å². The van der Waals surface area contributed by atoms with Gasteiger partial charge < -0.3 is 15.4 Å². The minimum atomic E-state index is -0.212. The van der Waals surface area contributed by atoms with Crippen LogP contribution in [0.15, 0.2) is 78.9 Å². The van der Waals surface area contributed by atoms with E-state index in [1.54, 1.807) is 19.2 Å². The highest BCUT2D eigenvalue weighted by molar-refractivity contribution is 6.04. The summed E-state index contributed by atoms with van der Waals surface area (Å²) in [7, 11) is 1.64. The van der Waals surface area contributed by atoms with E-state index < -0.39 is 0 Å². The van der Waals surface area contributed by atoms with E-state index in [2.05, 4.69) is 16.0 Å². The molecule has 1 atom stereocenters. The Labute approximate surface area is 200 Å². The van der Waals surface area contributed by atoms with Gasteiger partial charge in [-0.05, 0) is 48.2 Å².